The van der Waals surface area contributed by atoms with E-state index in [1.54, 1.807) is 30.3 Å². The first-order valence-corrected chi connectivity index (χ1v) is 11.5. The number of hydrogen-bond donors (Lipinski definition) is 2. The molecule has 2 aromatic carbocycles. The summed E-state index contributed by atoms with van der Waals surface area (Å²) in [5.41, 5.74) is 0.730. The average molecular weight is 525 g/mol. The van der Waals surface area contributed by atoms with E-state index < -0.39 is 35.1 Å². The van der Waals surface area contributed by atoms with Crippen LogP contribution in [-0.2, 0) is 4.79 Å². The van der Waals surface area contributed by atoms with Crippen LogP contribution in [0.25, 0.3) is 6.08 Å². The van der Waals surface area contributed by atoms with Crippen LogP contribution in [0.2, 0.25) is 0 Å². The second-order valence-corrected chi connectivity index (χ2v) is 8.86. The summed E-state index contributed by atoms with van der Waals surface area (Å²) in [6.45, 7) is 0.720. The molecule has 0 aliphatic carbocycles. The van der Waals surface area contributed by atoms with Gasteiger partial charge in [-0.25, -0.2) is 9.18 Å². The minimum Gasteiger partial charge on any atom is -0.490 e. The van der Waals surface area contributed by atoms with Gasteiger partial charge < -0.3 is 19.7 Å². The first-order chi connectivity index (χ1) is 17.1. The smallest absolute Gasteiger partial charge is 0.490 e. The van der Waals surface area contributed by atoms with E-state index in [2.05, 4.69) is 15.4 Å². The summed E-state index contributed by atoms with van der Waals surface area (Å²) >= 11 is 0.835. The number of alkyl halides is 3. The molecule has 0 unspecified atom stereocenters. The van der Waals surface area contributed by atoms with Gasteiger partial charge in [0.1, 0.15) is 11.9 Å². The molecule has 36 heavy (non-hydrogen) atoms. The summed E-state index contributed by atoms with van der Waals surface area (Å²) in [6.07, 6.45) is -2.50. The van der Waals surface area contributed by atoms with Crippen molar-refractivity contribution in [2.75, 3.05) is 18.4 Å². The lowest BCUT2D eigenvalue weighted by atomic mass is 10.1. The number of anilines is 1. The van der Waals surface area contributed by atoms with Gasteiger partial charge in [0.2, 0.25) is 0 Å². The van der Waals surface area contributed by atoms with E-state index in [0.29, 0.717) is 36.6 Å². The first kappa shape index (κ1) is 25.4. The minimum atomic E-state index is -5.02. The maximum atomic E-state index is 13.8. The molecule has 0 atom stereocenters. The zero-order valence-electron chi connectivity index (χ0n) is 18.4. The third-order valence-corrected chi connectivity index (χ3v) is 6.07. The Balaban J connectivity index is 1.25. The van der Waals surface area contributed by atoms with Gasteiger partial charge in [-0.05, 0) is 47.7 Å². The summed E-state index contributed by atoms with van der Waals surface area (Å²) in [4.78, 5) is 37.1. The number of benzene rings is 2. The fourth-order valence-corrected chi connectivity index (χ4v) is 4.26. The largest absolute Gasteiger partial charge is 0.573 e. The minimum absolute atomic E-state index is 0.00157. The molecule has 2 aliphatic rings. The molecule has 4 amide bonds. The van der Waals surface area contributed by atoms with Gasteiger partial charge in [-0.15, -0.1) is 13.2 Å². The van der Waals surface area contributed by atoms with Crippen LogP contribution in [0.1, 0.15) is 18.4 Å². The lowest BCUT2D eigenvalue weighted by Gasteiger charge is -2.32. The van der Waals surface area contributed by atoms with Crippen molar-refractivity contribution in [3.8, 4) is 11.5 Å². The fraction of sp³-hybridized carbons (Fsp3) is 0.261. The van der Waals surface area contributed by atoms with Crippen LogP contribution in [0.4, 0.5) is 32.8 Å². The molecule has 0 aromatic heterocycles. The van der Waals surface area contributed by atoms with Crippen LogP contribution in [-0.4, -0.2) is 47.6 Å². The van der Waals surface area contributed by atoms with Crippen molar-refractivity contribution in [2.24, 2.45) is 0 Å². The van der Waals surface area contributed by atoms with Crippen molar-refractivity contribution >= 4 is 40.7 Å². The molecular formula is C23H19F4N3O5S. The number of hydrogen-bond acceptors (Lipinski definition) is 6. The molecule has 190 valence electrons. The summed E-state index contributed by atoms with van der Waals surface area (Å²) in [5.74, 6) is -2.06. The first-order valence-electron chi connectivity index (χ1n) is 10.7. The van der Waals surface area contributed by atoms with Crippen LogP contribution in [0, 0.1) is 5.82 Å². The summed E-state index contributed by atoms with van der Waals surface area (Å²) in [7, 11) is 0. The van der Waals surface area contributed by atoms with E-state index in [1.807, 2.05) is 0 Å². The lowest BCUT2D eigenvalue weighted by molar-refractivity contribution is -0.275. The zero-order chi connectivity index (χ0) is 25.9. The highest BCUT2D eigenvalue weighted by Crippen LogP contribution is 2.29. The van der Waals surface area contributed by atoms with E-state index in [0.717, 1.165) is 35.5 Å². The number of amides is 4. The van der Waals surface area contributed by atoms with Gasteiger partial charge >= 0.3 is 12.4 Å². The van der Waals surface area contributed by atoms with Crippen molar-refractivity contribution in [3.05, 3.63) is 58.8 Å². The Morgan fingerprint density at radius 3 is 2.39 bits per heavy atom. The molecule has 0 bridgehead atoms. The van der Waals surface area contributed by atoms with Crippen LogP contribution < -0.4 is 20.1 Å². The maximum Gasteiger partial charge on any atom is 0.573 e. The van der Waals surface area contributed by atoms with E-state index in [9.17, 15) is 31.9 Å². The number of imide groups is 1. The Morgan fingerprint density at radius 1 is 1.11 bits per heavy atom. The van der Waals surface area contributed by atoms with Gasteiger partial charge in [0.05, 0.1) is 4.91 Å². The molecule has 0 saturated carbocycles. The maximum absolute atomic E-state index is 13.8. The number of piperidine rings is 1. The third kappa shape index (κ3) is 6.68. The number of thioether (sulfide) groups is 1. The van der Waals surface area contributed by atoms with E-state index in [-0.39, 0.29) is 11.8 Å². The van der Waals surface area contributed by atoms with Crippen LogP contribution in [0.15, 0.2) is 47.4 Å². The Kier molecular flexibility index (Phi) is 7.38. The molecule has 4 rings (SSSR count). The number of carbonyl (C=O) groups excluding carboxylic acids is 3. The molecule has 2 N–H and O–H groups in total. The SMILES string of the molecule is O=C1NC(=O)C(=Cc2ccc(OC3CCN(C(=O)Nc4ccc(OC(F)(F)F)c(F)c4)CC3)cc2)S1. The number of nitrogens with one attached hydrogen (secondary N) is 2. The number of urea groups is 1. The fourth-order valence-electron chi connectivity index (χ4n) is 3.57. The molecule has 2 saturated heterocycles. The van der Waals surface area contributed by atoms with Gasteiger partial charge in [0.15, 0.2) is 11.6 Å². The van der Waals surface area contributed by atoms with Crippen molar-refractivity contribution in [3.63, 3.8) is 0 Å². The van der Waals surface area contributed by atoms with Crippen LogP contribution in [0.3, 0.4) is 0 Å². The number of nitrogens with zero attached hydrogens (tertiary/aromatic N) is 1. The van der Waals surface area contributed by atoms with Gasteiger partial charge in [-0.2, -0.15) is 0 Å². The second-order valence-electron chi connectivity index (χ2n) is 7.85. The average Bonchev–Trinajstić information content (AvgIpc) is 3.13. The summed E-state index contributed by atoms with van der Waals surface area (Å²) in [6, 6.07) is 9.15. The normalized spacial score (nSPS) is 17.8. The molecular weight excluding hydrogens is 506 g/mol. The number of carbonyl (C=O) groups is 3. The van der Waals surface area contributed by atoms with Crippen molar-refractivity contribution < 1.29 is 41.4 Å². The molecule has 2 heterocycles. The number of likely N-dealkylation sites (tertiary alicyclic amines) is 1. The number of rotatable bonds is 5. The summed E-state index contributed by atoms with van der Waals surface area (Å²) < 4.78 is 60.2. The molecule has 2 aliphatic heterocycles. The predicted octanol–water partition coefficient (Wildman–Crippen LogP) is 5.12. The van der Waals surface area contributed by atoms with Gasteiger partial charge in [-0.1, -0.05) is 12.1 Å². The highest BCUT2D eigenvalue weighted by atomic mass is 32.2. The number of ether oxygens (including phenoxy) is 2. The molecule has 13 heteroatoms. The predicted molar refractivity (Wildman–Crippen MR) is 123 cm³/mol. The monoisotopic (exact) mass is 525 g/mol. The van der Waals surface area contributed by atoms with E-state index in [4.69, 9.17) is 4.74 Å². The van der Waals surface area contributed by atoms with Crippen molar-refractivity contribution in [2.45, 2.75) is 25.3 Å². The zero-order valence-corrected chi connectivity index (χ0v) is 19.2. The second kappa shape index (κ2) is 10.5. The van der Waals surface area contributed by atoms with Gasteiger partial charge in [-0.3, -0.25) is 14.9 Å². The Hall–Kier alpha value is -3.74. The van der Waals surface area contributed by atoms with Crippen LogP contribution in [0.5, 0.6) is 11.5 Å². The molecule has 0 spiro atoms. The number of halogens is 4. The molecule has 2 fully saturated rings. The van der Waals surface area contributed by atoms with Gasteiger partial charge in [0, 0.05) is 37.7 Å². The lowest BCUT2D eigenvalue weighted by Crippen LogP contribution is -2.43. The molecule has 0 radical (unpaired) electrons. The van der Waals surface area contributed by atoms with Crippen molar-refractivity contribution in [1.82, 2.24) is 10.2 Å². The highest BCUT2D eigenvalue weighted by molar-refractivity contribution is 8.18. The standard InChI is InChI=1S/C23H19F4N3O5S/c24-17-12-14(3-6-18(17)35-23(25,26)27)28-21(32)30-9-7-16(8-10-30)34-15-4-1-13(2-5-15)11-19-20(31)29-22(33)36-19/h1-6,11-12,16H,7-10H2,(H,28,32)(H,29,31,33). The topological polar surface area (TPSA) is 97.0 Å². The van der Waals surface area contributed by atoms with Crippen LogP contribution >= 0.6 is 11.8 Å². The van der Waals surface area contributed by atoms with Gasteiger partial charge in [0.25, 0.3) is 11.1 Å². The van der Waals surface area contributed by atoms with Crippen molar-refractivity contribution in [1.29, 1.82) is 0 Å². The Bertz CT molecular complexity index is 1200. The molecule has 8 nitrogen and oxygen atoms in total. The Morgan fingerprint density at radius 2 is 1.81 bits per heavy atom. The highest BCUT2D eigenvalue weighted by Gasteiger charge is 2.32. The van der Waals surface area contributed by atoms with E-state index >= 15 is 0 Å². The quantitative estimate of drug-likeness (QED) is 0.415. The Labute approximate surface area is 206 Å². The summed E-state index contributed by atoms with van der Waals surface area (Å²) in [5, 5.41) is 4.24. The van der Waals surface area contributed by atoms with E-state index in [1.165, 1.54) is 4.90 Å². The molecule has 2 aromatic rings. The third-order valence-electron chi connectivity index (χ3n) is 5.26.